The van der Waals surface area contributed by atoms with Crippen molar-refractivity contribution in [3.8, 4) is 0 Å². The summed E-state index contributed by atoms with van der Waals surface area (Å²) in [5.74, 6) is 0.616. The SMILES string of the molecule is CN1CCC(CCn2c(C(CC(=O)N3CCC(N4CCc5ccccc5NC4=O)CC3)Cc3cc(Cl)c(N)c(C(F)(F)F)c3)nc3ccccc32)CC1. The van der Waals surface area contributed by atoms with Gasteiger partial charge in [0, 0.05) is 50.2 Å². The molecule has 3 amide bonds. The number of piperidine rings is 2. The van der Waals surface area contributed by atoms with Crippen LogP contribution in [0.25, 0.3) is 11.0 Å². The molecule has 3 aliphatic rings. The summed E-state index contributed by atoms with van der Waals surface area (Å²) in [5.41, 5.74) is 8.31. The molecule has 0 bridgehead atoms. The topological polar surface area (TPSA) is 99.7 Å². The smallest absolute Gasteiger partial charge is 0.397 e. The van der Waals surface area contributed by atoms with E-state index in [1.807, 2.05) is 58.3 Å². The van der Waals surface area contributed by atoms with Gasteiger partial charge in [0.25, 0.3) is 0 Å². The van der Waals surface area contributed by atoms with Crippen molar-refractivity contribution >= 4 is 45.9 Å². The molecule has 13 heteroatoms. The van der Waals surface area contributed by atoms with E-state index in [0.717, 1.165) is 67.1 Å². The Morgan fingerprint density at radius 3 is 2.47 bits per heavy atom. The highest BCUT2D eigenvalue weighted by Crippen LogP contribution is 2.40. The number of hydrogen-bond donors (Lipinski definition) is 2. The van der Waals surface area contributed by atoms with Gasteiger partial charge in [-0.05, 0) is 112 Å². The molecular formula is C40H47ClF3N7O2. The van der Waals surface area contributed by atoms with Crippen molar-refractivity contribution in [2.24, 2.45) is 5.92 Å². The van der Waals surface area contributed by atoms with Crippen molar-refractivity contribution in [3.63, 3.8) is 0 Å². The summed E-state index contributed by atoms with van der Waals surface area (Å²) < 4.78 is 44.4. The highest BCUT2D eigenvalue weighted by Gasteiger charge is 2.36. The second-order valence-electron chi connectivity index (χ2n) is 14.9. The van der Waals surface area contributed by atoms with Gasteiger partial charge < -0.3 is 30.3 Å². The maximum absolute atomic E-state index is 14.2. The van der Waals surface area contributed by atoms with Crippen LogP contribution in [0.5, 0.6) is 0 Å². The van der Waals surface area contributed by atoms with Gasteiger partial charge >= 0.3 is 12.2 Å². The number of carbonyl (C=O) groups is 2. The number of rotatable bonds is 9. The van der Waals surface area contributed by atoms with Gasteiger partial charge in [-0.1, -0.05) is 41.9 Å². The Balaban J connectivity index is 1.13. The quantitative estimate of drug-likeness (QED) is 0.170. The van der Waals surface area contributed by atoms with Crippen molar-refractivity contribution in [2.45, 2.75) is 76.0 Å². The first-order valence-electron chi connectivity index (χ1n) is 18.7. The average molecular weight is 750 g/mol. The minimum atomic E-state index is -4.69. The van der Waals surface area contributed by atoms with Crippen LogP contribution in [-0.2, 0) is 30.4 Å². The van der Waals surface area contributed by atoms with Crippen molar-refractivity contribution in [1.29, 1.82) is 0 Å². The summed E-state index contributed by atoms with van der Waals surface area (Å²) in [6, 6.07) is 18.1. The number of benzene rings is 3. The van der Waals surface area contributed by atoms with Crippen LogP contribution in [0.3, 0.4) is 0 Å². The Hall–Kier alpha value is -4.29. The van der Waals surface area contributed by atoms with Crippen molar-refractivity contribution < 1.29 is 22.8 Å². The third kappa shape index (κ3) is 8.28. The lowest BCUT2D eigenvalue weighted by molar-refractivity contribution is -0.137. The summed E-state index contributed by atoms with van der Waals surface area (Å²) in [5, 5.41) is 2.88. The number of nitrogens with zero attached hydrogens (tertiary/aromatic N) is 5. The van der Waals surface area contributed by atoms with Crippen molar-refractivity contribution in [3.05, 3.63) is 88.2 Å². The number of hydrogen-bond acceptors (Lipinski definition) is 5. The van der Waals surface area contributed by atoms with E-state index in [2.05, 4.69) is 21.8 Å². The fourth-order valence-corrected chi connectivity index (χ4v) is 8.62. The van der Waals surface area contributed by atoms with E-state index in [1.54, 1.807) is 0 Å². The molecule has 1 aromatic heterocycles. The van der Waals surface area contributed by atoms with Crippen LogP contribution in [0.4, 0.5) is 29.3 Å². The lowest BCUT2D eigenvalue weighted by Gasteiger charge is -2.38. The molecule has 7 rings (SSSR count). The number of carbonyl (C=O) groups excluding carboxylic acids is 2. The van der Waals surface area contributed by atoms with E-state index in [1.165, 1.54) is 6.07 Å². The first-order chi connectivity index (χ1) is 25.4. The molecule has 3 aliphatic heterocycles. The number of halogens is 4. The lowest BCUT2D eigenvalue weighted by Crippen LogP contribution is -2.50. The first-order valence-corrected chi connectivity index (χ1v) is 19.0. The van der Waals surface area contributed by atoms with Crippen LogP contribution in [0.1, 0.15) is 67.0 Å². The minimum absolute atomic E-state index is 0.00867. The van der Waals surface area contributed by atoms with E-state index >= 15 is 0 Å². The number of aryl methyl sites for hydroxylation is 1. The monoisotopic (exact) mass is 749 g/mol. The van der Waals surface area contributed by atoms with Crippen LogP contribution >= 0.6 is 11.6 Å². The highest BCUT2D eigenvalue weighted by molar-refractivity contribution is 6.33. The second kappa shape index (κ2) is 15.6. The molecule has 2 fully saturated rings. The van der Waals surface area contributed by atoms with Crippen LogP contribution in [-0.4, -0.2) is 82.0 Å². The third-order valence-corrected chi connectivity index (χ3v) is 11.8. The number of nitrogen functional groups attached to an aromatic ring is 1. The van der Waals surface area contributed by atoms with E-state index in [0.29, 0.717) is 56.3 Å². The molecule has 0 aliphatic carbocycles. The number of para-hydroxylation sites is 3. The van der Waals surface area contributed by atoms with Crippen LogP contribution < -0.4 is 11.1 Å². The predicted octanol–water partition coefficient (Wildman–Crippen LogP) is 7.82. The summed E-state index contributed by atoms with van der Waals surface area (Å²) >= 11 is 6.29. The normalized spacial score (nSPS) is 18.5. The molecule has 282 valence electrons. The van der Waals surface area contributed by atoms with Crippen LogP contribution in [0, 0.1) is 5.92 Å². The number of imidazole rings is 1. The van der Waals surface area contributed by atoms with Gasteiger partial charge in [-0.2, -0.15) is 13.2 Å². The standard InChI is InChI=1S/C40H47ClF3N7O2/c1-48-16-10-26(11-17-48)12-20-51-35-9-5-4-8-34(35)46-38(51)29(22-27-23-31(40(42,43)44)37(45)32(41)24-27)25-36(52)49-18-14-30(15-19-49)50-21-13-28-6-2-3-7-33(28)47-39(50)53/h2-9,23-24,26,29-30H,10-22,25,45H2,1H3,(H,47,53). The van der Waals surface area contributed by atoms with Gasteiger partial charge in [-0.15, -0.1) is 0 Å². The summed E-state index contributed by atoms with van der Waals surface area (Å²) in [4.78, 5) is 38.5. The zero-order valence-electron chi connectivity index (χ0n) is 30.0. The van der Waals surface area contributed by atoms with E-state index in [9.17, 15) is 22.8 Å². The molecule has 1 atom stereocenters. The summed E-state index contributed by atoms with van der Waals surface area (Å²) in [6.45, 7) is 4.34. The molecule has 0 saturated carbocycles. The average Bonchev–Trinajstić information content (AvgIpc) is 3.42. The maximum atomic E-state index is 14.2. The van der Waals surface area contributed by atoms with Gasteiger partial charge in [-0.3, -0.25) is 4.79 Å². The number of nitrogens with two attached hydrogens (primary N) is 1. The zero-order valence-corrected chi connectivity index (χ0v) is 30.8. The fraction of sp³-hybridized carbons (Fsp3) is 0.475. The van der Waals surface area contributed by atoms with E-state index in [-0.39, 0.29) is 35.8 Å². The van der Waals surface area contributed by atoms with Gasteiger partial charge in [0.1, 0.15) is 5.82 Å². The number of alkyl halides is 3. The Morgan fingerprint density at radius 2 is 1.72 bits per heavy atom. The number of amides is 3. The minimum Gasteiger partial charge on any atom is -0.397 e. The molecule has 4 aromatic rings. The zero-order chi connectivity index (χ0) is 37.3. The molecule has 1 unspecified atom stereocenters. The molecule has 53 heavy (non-hydrogen) atoms. The van der Waals surface area contributed by atoms with Crippen LogP contribution in [0.2, 0.25) is 5.02 Å². The van der Waals surface area contributed by atoms with Crippen molar-refractivity contribution in [2.75, 3.05) is 50.8 Å². The molecule has 3 aromatic carbocycles. The molecular weight excluding hydrogens is 703 g/mol. The molecule has 0 spiro atoms. The largest absolute Gasteiger partial charge is 0.418 e. The number of likely N-dealkylation sites (tertiary alicyclic amines) is 2. The maximum Gasteiger partial charge on any atom is 0.418 e. The molecule has 2 saturated heterocycles. The van der Waals surface area contributed by atoms with E-state index < -0.39 is 23.3 Å². The molecule has 3 N–H and O–H groups in total. The summed E-state index contributed by atoms with van der Waals surface area (Å²) in [7, 11) is 2.14. The number of anilines is 2. The number of nitrogens with one attached hydrogen (secondary N) is 1. The van der Waals surface area contributed by atoms with E-state index in [4.69, 9.17) is 22.3 Å². The van der Waals surface area contributed by atoms with Gasteiger partial charge in [-0.25, -0.2) is 9.78 Å². The lowest BCUT2D eigenvalue weighted by atomic mass is 9.91. The van der Waals surface area contributed by atoms with Gasteiger partial charge in [0.2, 0.25) is 5.91 Å². The second-order valence-corrected chi connectivity index (χ2v) is 15.3. The predicted molar refractivity (Wildman–Crippen MR) is 202 cm³/mol. The Morgan fingerprint density at radius 1 is 1.00 bits per heavy atom. The molecule has 0 radical (unpaired) electrons. The first kappa shape index (κ1) is 37.0. The van der Waals surface area contributed by atoms with Crippen molar-refractivity contribution in [1.82, 2.24) is 24.3 Å². The Kier molecular flexibility index (Phi) is 10.9. The summed E-state index contributed by atoms with van der Waals surface area (Å²) in [6.07, 6.45) is 0.667. The highest BCUT2D eigenvalue weighted by atomic mass is 35.5. The molecule has 9 nitrogen and oxygen atoms in total. The fourth-order valence-electron chi connectivity index (χ4n) is 8.37. The van der Waals surface area contributed by atoms with Crippen LogP contribution in [0.15, 0.2) is 60.7 Å². The number of fused-ring (bicyclic) bond motifs is 2. The van der Waals surface area contributed by atoms with Gasteiger partial charge in [0.15, 0.2) is 0 Å². The number of aromatic nitrogens is 2. The van der Waals surface area contributed by atoms with Gasteiger partial charge in [0.05, 0.1) is 27.3 Å². The Bertz CT molecular complexity index is 1950. The Labute approximate surface area is 313 Å². The molecule has 4 heterocycles. The third-order valence-electron chi connectivity index (χ3n) is 11.4. The number of urea groups is 1.